The van der Waals surface area contributed by atoms with Gasteiger partial charge in [0.15, 0.2) is 0 Å². The van der Waals surface area contributed by atoms with Gasteiger partial charge in [-0.25, -0.2) is 4.98 Å². The summed E-state index contributed by atoms with van der Waals surface area (Å²) in [7, 11) is 0. The fourth-order valence-electron chi connectivity index (χ4n) is 4.63. The predicted octanol–water partition coefficient (Wildman–Crippen LogP) is 2.03. The number of aliphatic hydroxyl groups excluding tert-OH is 1. The zero-order valence-corrected chi connectivity index (χ0v) is 20.8. The molecular weight excluding hydrogens is 440 g/mol. The summed E-state index contributed by atoms with van der Waals surface area (Å²) in [6, 6.07) is 0. The van der Waals surface area contributed by atoms with Gasteiger partial charge in [-0.15, -0.1) is 11.3 Å². The molecule has 2 aromatic rings. The van der Waals surface area contributed by atoms with E-state index in [4.69, 9.17) is 14.5 Å². The highest BCUT2D eigenvalue weighted by Gasteiger charge is 2.21. The lowest BCUT2D eigenvalue weighted by Gasteiger charge is -2.30. The molecule has 0 unspecified atom stereocenters. The number of aliphatic hydroxyl groups is 1. The number of hydrogen-bond donors (Lipinski definition) is 2. The Labute approximate surface area is 199 Å². The van der Waals surface area contributed by atoms with Crippen molar-refractivity contribution in [2.24, 2.45) is 5.92 Å². The van der Waals surface area contributed by atoms with E-state index < -0.39 is 6.10 Å². The predicted molar refractivity (Wildman–Crippen MR) is 131 cm³/mol. The van der Waals surface area contributed by atoms with Gasteiger partial charge in [0.25, 0.3) is 5.56 Å². The molecule has 1 aliphatic heterocycles. The van der Waals surface area contributed by atoms with Crippen molar-refractivity contribution < 1.29 is 14.6 Å². The summed E-state index contributed by atoms with van der Waals surface area (Å²) in [5.74, 6) is 1.11. The average Bonchev–Trinajstić information content (AvgIpc) is 3.17. The number of rotatable bonds is 11. The van der Waals surface area contributed by atoms with Crippen molar-refractivity contribution in [2.45, 2.75) is 52.2 Å². The molecule has 184 valence electrons. The van der Waals surface area contributed by atoms with Gasteiger partial charge in [0.1, 0.15) is 10.7 Å². The minimum absolute atomic E-state index is 0.0247. The number of aromatic amines is 1. The summed E-state index contributed by atoms with van der Waals surface area (Å²) < 4.78 is 11.1. The molecule has 0 spiro atoms. The van der Waals surface area contributed by atoms with Crippen LogP contribution in [0.1, 0.15) is 43.0 Å². The van der Waals surface area contributed by atoms with Gasteiger partial charge >= 0.3 is 0 Å². The van der Waals surface area contributed by atoms with Crippen LogP contribution in [0.15, 0.2) is 4.79 Å². The third kappa shape index (κ3) is 6.83. The highest BCUT2D eigenvalue weighted by molar-refractivity contribution is 7.18. The largest absolute Gasteiger partial charge is 0.389 e. The summed E-state index contributed by atoms with van der Waals surface area (Å²) in [5.41, 5.74) is 1.19. The molecule has 2 N–H and O–H groups in total. The van der Waals surface area contributed by atoms with E-state index >= 15 is 0 Å². The number of morpholine rings is 1. The van der Waals surface area contributed by atoms with Gasteiger partial charge in [-0.2, -0.15) is 0 Å². The molecule has 0 bridgehead atoms. The number of hydrogen-bond acceptors (Lipinski definition) is 8. The summed E-state index contributed by atoms with van der Waals surface area (Å²) >= 11 is 1.68. The van der Waals surface area contributed by atoms with Crippen LogP contribution in [0.3, 0.4) is 0 Å². The average molecular weight is 479 g/mol. The second-order valence-electron chi connectivity index (χ2n) is 9.68. The second kappa shape index (κ2) is 11.9. The zero-order valence-electron chi connectivity index (χ0n) is 20.0. The van der Waals surface area contributed by atoms with Crippen molar-refractivity contribution in [1.29, 1.82) is 0 Å². The number of fused-ring (bicyclic) bond motifs is 3. The first-order chi connectivity index (χ1) is 16.0. The number of H-pyrrole nitrogens is 1. The molecule has 1 atom stereocenters. The molecule has 1 aliphatic carbocycles. The third-order valence-electron chi connectivity index (χ3n) is 6.31. The molecule has 4 rings (SSSR count). The van der Waals surface area contributed by atoms with Crippen LogP contribution in [-0.4, -0.2) is 90.1 Å². The Kier molecular flexibility index (Phi) is 8.90. The van der Waals surface area contributed by atoms with Crippen LogP contribution < -0.4 is 5.56 Å². The number of aryl methyl sites for hydroxylation is 2. The van der Waals surface area contributed by atoms with Crippen molar-refractivity contribution in [3.8, 4) is 0 Å². The molecule has 1 saturated heterocycles. The Morgan fingerprint density at radius 3 is 2.82 bits per heavy atom. The number of ether oxygens (including phenoxy) is 2. The zero-order chi connectivity index (χ0) is 23.2. The molecule has 2 aromatic heterocycles. The molecule has 0 aromatic carbocycles. The molecule has 1 fully saturated rings. The van der Waals surface area contributed by atoms with E-state index in [0.29, 0.717) is 38.0 Å². The first-order valence-electron chi connectivity index (χ1n) is 12.3. The van der Waals surface area contributed by atoms with E-state index in [9.17, 15) is 9.90 Å². The van der Waals surface area contributed by atoms with Crippen LogP contribution >= 0.6 is 11.3 Å². The van der Waals surface area contributed by atoms with Crippen LogP contribution in [0.2, 0.25) is 0 Å². The molecular formula is C24H38N4O4S. The number of nitrogens with one attached hydrogen (secondary N) is 1. The standard InChI is InChI=1S/C24H38N4O4S/c1-17(2)15-32-16-18(29)13-28(8-7-27-9-11-31-12-10-27)14-21-25-23(30)22-19-5-3-4-6-20(19)33-24(22)26-21/h17-18,29H,3-16H2,1-2H3,(H,25,26,30)/t18-/m0/s1. The fraction of sp³-hybridized carbons (Fsp3) is 0.750. The Morgan fingerprint density at radius 2 is 2.03 bits per heavy atom. The second-order valence-corrected chi connectivity index (χ2v) is 10.8. The van der Waals surface area contributed by atoms with E-state index in [1.807, 2.05) is 0 Å². The summed E-state index contributed by atoms with van der Waals surface area (Å²) in [5, 5.41) is 11.4. The Hall–Kier alpha value is -1.36. The minimum Gasteiger partial charge on any atom is -0.389 e. The Balaban J connectivity index is 1.45. The van der Waals surface area contributed by atoms with E-state index in [1.54, 1.807) is 11.3 Å². The lowest BCUT2D eigenvalue weighted by Crippen LogP contribution is -2.43. The molecule has 0 radical (unpaired) electrons. The third-order valence-corrected chi connectivity index (χ3v) is 7.50. The minimum atomic E-state index is -0.585. The summed E-state index contributed by atoms with van der Waals surface area (Å²) in [4.78, 5) is 27.6. The Bertz CT molecular complexity index is 954. The van der Waals surface area contributed by atoms with Crippen LogP contribution in [0, 0.1) is 5.92 Å². The molecule has 9 heteroatoms. The van der Waals surface area contributed by atoms with Gasteiger partial charge < -0.3 is 19.6 Å². The van der Waals surface area contributed by atoms with Gasteiger partial charge in [-0.1, -0.05) is 13.8 Å². The highest BCUT2D eigenvalue weighted by atomic mass is 32.1. The van der Waals surface area contributed by atoms with Crippen molar-refractivity contribution in [1.82, 2.24) is 19.8 Å². The van der Waals surface area contributed by atoms with E-state index in [2.05, 4.69) is 28.6 Å². The SMILES string of the molecule is CC(C)COC[C@@H](O)CN(CCN1CCOCC1)Cc1nc2sc3c(c2c(=O)[nH]1)CCCC3. The number of aromatic nitrogens is 2. The maximum Gasteiger partial charge on any atom is 0.259 e. The van der Waals surface area contributed by atoms with Crippen molar-refractivity contribution in [2.75, 3.05) is 59.2 Å². The maximum atomic E-state index is 12.9. The van der Waals surface area contributed by atoms with Gasteiger partial charge in [0, 0.05) is 44.2 Å². The van der Waals surface area contributed by atoms with E-state index in [1.165, 1.54) is 16.9 Å². The van der Waals surface area contributed by atoms with Crippen molar-refractivity contribution in [3.05, 3.63) is 26.6 Å². The van der Waals surface area contributed by atoms with E-state index in [0.717, 1.165) is 68.9 Å². The van der Waals surface area contributed by atoms with Crippen LogP contribution in [-0.2, 0) is 28.9 Å². The van der Waals surface area contributed by atoms with Gasteiger partial charge in [-0.3, -0.25) is 14.6 Å². The lowest BCUT2D eigenvalue weighted by molar-refractivity contribution is 0.000565. The van der Waals surface area contributed by atoms with Crippen LogP contribution in [0.4, 0.5) is 0 Å². The Morgan fingerprint density at radius 1 is 1.24 bits per heavy atom. The molecule has 33 heavy (non-hydrogen) atoms. The molecule has 0 saturated carbocycles. The first kappa shape index (κ1) is 24.8. The normalized spacial score (nSPS) is 18.3. The highest BCUT2D eigenvalue weighted by Crippen LogP contribution is 2.33. The van der Waals surface area contributed by atoms with Gasteiger partial charge in [0.05, 0.1) is 37.9 Å². The van der Waals surface area contributed by atoms with Crippen LogP contribution in [0.25, 0.3) is 10.2 Å². The monoisotopic (exact) mass is 478 g/mol. The lowest BCUT2D eigenvalue weighted by atomic mass is 9.97. The van der Waals surface area contributed by atoms with Crippen molar-refractivity contribution >= 4 is 21.6 Å². The van der Waals surface area contributed by atoms with Gasteiger partial charge in [0.2, 0.25) is 0 Å². The molecule has 2 aliphatic rings. The topological polar surface area (TPSA) is 90.9 Å². The van der Waals surface area contributed by atoms with Crippen molar-refractivity contribution in [3.63, 3.8) is 0 Å². The number of nitrogens with zero attached hydrogens (tertiary/aromatic N) is 3. The van der Waals surface area contributed by atoms with Crippen LogP contribution in [0.5, 0.6) is 0 Å². The molecule has 8 nitrogen and oxygen atoms in total. The smallest absolute Gasteiger partial charge is 0.259 e. The van der Waals surface area contributed by atoms with E-state index in [-0.39, 0.29) is 5.56 Å². The summed E-state index contributed by atoms with van der Waals surface area (Å²) in [6.07, 6.45) is 3.79. The fourth-order valence-corrected chi connectivity index (χ4v) is 5.91. The quantitative estimate of drug-likeness (QED) is 0.511. The maximum absolute atomic E-state index is 12.9. The molecule has 0 amide bonds. The first-order valence-corrected chi connectivity index (χ1v) is 13.1. The number of thiophene rings is 1. The summed E-state index contributed by atoms with van der Waals surface area (Å²) in [6.45, 7) is 11.2. The van der Waals surface area contributed by atoms with Gasteiger partial charge in [-0.05, 0) is 37.2 Å². The molecule has 3 heterocycles.